The lowest BCUT2D eigenvalue weighted by atomic mass is 10.0. The van der Waals surface area contributed by atoms with E-state index in [0.717, 1.165) is 91.0 Å². The minimum atomic E-state index is 0. The first-order chi connectivity index (χ1) is 15.1. The fourth-order valence-corrected chi connectivity index (χ4v) is 4.26. The van der Waals surface area contributed by atoms with E-state index >= 15 is 0 Å². The molecule has 1 aromatic carbocycles. The van der Waals surface area contributed by atoms with Crippen molar-refractivity contribution >= 4 is 35.6 Å². The monoisotopic (exact) mass is 558 g/mol. The van der Waals surface area contributed by atoms with E-state index < -0.39 is 0 Å². The van der Waals surface area contributed by atoms with E-state index in [9.17, 15) is 0 Å². The van der Waals surface area contributed by atoms with Crippen LogP contribution in [0.25, 0.3) is 0 Å². The molecule has 32 heavy (non-hydrogen) atoms. The standard InChI is InChI=1S/C24H42N6O.HI/c1-4-25-23(27-21-24(2,3)30-17-19-31-20-18-30)26-11-8-12-28-13-15-29(16-14-28)22-9-6-5-7-10-22;/h5-7,9-10H,4,8,11-21H2,1-3H3,(H2,25,26,27);1H. The Balaban J connectivity index is 0.00000363. The molecule has 2 fully saturated rings. The minimum Gasteiger partial charge on any atom is -0.379 e. The molecule has 2 aliphatic heterocycles. The Labute approximate surface area is 212 Å². The summed E-state index contributed by atoms with van der Waals surface area (Å²) in [6.07, 6.45) is 1.13. The summed E-state index contributed by atoms with van der Waals surface area (Å²) < 4.78 is 5.49. The number of para-hydroxylation sites is 1. The predicted molar refractivity (Wildman–Crippen MR) is 146 cm³/mol. The second kappa shape index (κ2) is 14.2. The van der Waals surface area contributed by atoms with Gasteiger partial charge in [0.1, 0.15) is 0 Å². The maximum absolute atomic E-state index is 5.49. The Bertz CT molecular complexity index is 658. The van der Waals surface area contributed by atoms with E-state index in [2.05, 4.69) is 76.4 Å². The summed E-state index contributed by atoms with van der Waals surface area (Å²) in [6.45, 7) is 18.5. The van der Waals surface area contributed by atoms with Crippen molar-refractivity contribution in [3.05, 3.63) is 30.3 Å². The highest BCUT2D eigenvalue weighted by Gasteiger charge is 2.28. The van der Waals surface area contributed by atoms with Crippen LogP contribution in [0.15, 0.2) is 35.3 Å². The largest absolute Gasteiger partial charge is 0.379 e. The van der Waals surface area contributed by atoms with Crippen molar-refractivity contribution in [2.24, 2.45) is 4.99 Å². The van der Waals surface area contributed by atoms with Crippen molar-refractivity contribution in [2.75, 3.05) is 83.6 Å². The van der Waals surface area contributed by atoms with Crippen molar-refractivity contribution in [2.45, 2.75) is 32.7 Å². The fourth-order valence-electron chi connectivity index (χ4n) is 4.26. The normalized spacial score (nSPS) is 18.8. The number of nitrogens with zero attached hydrogens (tertiary/aromatic N) is 4. The van der Waals surface area contributed by atoms with Gasteiger partial charge < -0.3 is 20.3 Å². The number of guanidine groups is 1. The molecule has 2 aliphatic rings. The lowest BCUT2D eigenvalue weighted by Gasteiger charge is -2.39. The Morgan fingerprint density at radius 1 is 1.00 bits per heavy atom. The van der Waals surface area contributed by atoms with Gasteiger partial charge >= 0.3 is 0 Å². The van der Waals surface area contributed by atoms with E-state index in [4.69, 9.17) is 9.73 Å². The van der Waals surface area contributed by atoms with Gasteiger partial charge in [-0.15, -0.1) is 24.0 Å². The summed E-state index contributed by atoms with van der Waals surface area (Å²) in [5, 5.41) is 6.92. The third-order valence-electron chi connectivity index (χ3n) is 6.27. The smallest absolute Gasteiger partial charge is 0.191 e. The van der Waals surface area contributed by atoms with Crippen LogP contribution in [0.1, 0.15) is 27.2 Å². The second-order valence-electron chi connectivity index (χ2n) is 9.05. The van der Waals surface area contributed by atoms with E-state index in [1.807, 2.05) is 0 Å². The zero-order chi connectivity index (χ0) is 21.9. The average Bonchev–Trinajstić information content (AvgIpc) is 2.82. The van der Waals surface area contributed by atoms with Crippen LogP contribution in [0.2, 0.25) is 0 Å². The lowest BCUT2D eigenvalue weighted by molar-refractivity contribution is -0.00683. The molecule has 0 atom stereocenters. The molecule has 2 N–H and O–H groups in total. The predicted octanol–water partition coefficient (Wildman–Crippen LogP) is 2.48. The molecule has 7 nitrogen and oxygen atoms in total. The number of aliphatic imine (C=N–C) groups is 1. The van der Waals surface area contributed by atoms with Gasteiger partial charge in [-0.05, 0) is 45.9 Å². The fraction of sp³-hybridized carbons (Fsp3) is 0.708. The zero-order valence-corrected chi connectivity index (χ0v) is 22.5. The first kappa shape index (κ1) is 27.1. The first-order valence-corrected chi connectivity index (χ1v) is 12.0. The van der Waals surface area contributed by atoms with Crippen LogP contribution in [0.4, 0.5) is 5.69 Å². The number of rotatable bonds is 9. The number of nitrogens with one attached hydrogen (secondary N) is 2. The second-order valence-corrected chi connectivity index (χ2v) is 9.05. The van der Waals surface area contributed by atoms with Crippen molar-refractivity contribution < 1.29 is 4.74 Å². The molecular weight excluding hydrogens is 515 g/mol. The van der Waals surface area contributed by atoms with Gasteiger partial charge in [-0.1, -0.05) is 18.2 Å². The third kappa shape index (κ3) is 8.68. The number of hydrogen-bond acceptors (Lipinski definition) is 5. The Kier molecular flexibility index (Phi) is 12.1. The molecular formula is C24H43IN6O. The van der Waals surface area contributed by atoms with E-state index in [0.29, 0.717) is 0 Å². The summed E-state index contributed by atoms with van der Waals surface area (Å²) in [7, 11) is 0. The minimum absolute atomic E-state index is 0. The maximum Gasteiger partial charge on any atom is 0.191 e. The molecule has 8 heteroatoms. The third-order valence-corrected chi connectivity index (χ3v) is 6.27. The number of ether oxygens (including phenoxy) is 1. The summed E-state index contributed by atoms with van der Waals surface area (Å²) in [5.41, 5.74) is 1.39. The van der Waals surface area contributed by atoms with E-state index in [1.165, 1.54) is 5.69 Å². The first-order valence-electron chi connectivity index (χ1n) is 12.0. The highest BCUT2D eigenvalue weighted by molar-refractivity contribution is 14.0. The van der Waals surface area contributed by atoms with Crippen molar-refractivity contribution in [3.8, 4) is 0 Å². The van der Waals surface area contributed by atoms with Crippen LogP contribution < -0.4 is 15.5 Å². The molecule has 0 bridgehead atoms. The molecule has 0 saturated carbocycles. The van der Waals surface area contributed by atoms with Gasteiger partial charge in [0.15, 0.2) is 5.96 Å². The molecule has 0 aliphatic carbocycles. The van der Waals surface area contributed by atoms with Crippen LogP contribution in [0.5, 0.6) is 0 Å². The summed E-state index contributed by atoms with van der Waals surface area (Å²) >= 11 is 0. The SMILES string of the molecule is CCNC(=NCC(C)(C)N1CCOCC1)NCCCN1CCN(c2ccccc2)CC1.I. The van der Waals surface area contributed by atoms with Gasteiger partial charge in [0, 0.05) is 63.6 Å². The lowest BCUT2D eigenvalue weighted by Crippen LogP contribution is -2.52. The molecule has 0 amide bonds. The molecule has 0 radical (unpaired) electrons. The number of anilines is 1. The number of piperazine rings is 1. The number of hydrogen-bond donors (Lipinski definition) is 2. The van der Waals surface area contributed by atoms with Gasteiger partial charge in [-0.25, -0.2) is 0 Å². The molecule has 182 valence electrons. The topological polar surface area (TPSA) is 55.4 Å². The van der Waals surface area contributed by atoms with Crippen LogP contribution in [-0.2, 0) is 4.74 Å². The molecule has 2 saturated heterocycles. The number of halogens is 1. The molecule has 1 aromatic rings. The molecule has 3 rings (SSSR count). The molecule has 0 spiro atoms. The van der Waals surface area contributed by atoms with E-state index in [1.54, 1.807) is 0 Å². The Hall–Kier alpha value is -1.10. The van der Waals surface area contributed by atoms with Gasteiger partial charge in [0.2, 0.25) is 0 Å². The Morgan fingerprint density at radius 3 is 2.34 bits per heavy atom. The van der Waals surface area contributed by atoms with Crippen LogP contribution in [0.3, 0.4) is 0 Å². The quantitative estimate of drug-likeness (QED) is 0.210. The molecule has 0 aromatic heterocycles. The van der Waals surface area contributed by atoms with Crippen molar-refractivity contribution in [1.82, 2.24) is 20.4 Å². The summed E-state index contributed by atoms with van der Waals surface area (Å²) in [4.78, 5) is 12.4. The Morgan fingerprint density at radius 2 is 1.69 bits per heavy atom. The van der Waals surface area contributed by atoms with Crippen molar-refractivity contribution in [3.63, 3.8) is 0 Å². The summed E-state index contributed by atoms with van der Waals surface area (Å²) in [5.74, 6) is 0.928. The van der Waals surface area contributed by atoms with Gasteiger partial charge in [0.05, 0.1) is 19.8 Å². The summed E-state index contributed by atoms with van der Waals surface area (Å²) in [6, 6.07) is 10.8. The maximum atomic E-state index is 5.49. The zero-order valence-electron chi connectivity index (χ0n) is 20.2. The molecule has 2 heterocycles. The van der Waals surface area contributed by atoms with Gasteiger partial charge in [-0.3, -0.25) is 14.8 Å². The molecule has 0 unspecified atom stereocenters. The van der Waals surface area contributed by atoms with Gasteiger partial charge in [-0.2, -0.15) is 0 Å². The number of morpholine rings is 1. The highest BCUT2D eigenvalue weighted by Crippen LogP contribution is 2.17. The highest BCUT2D eigenvalue weighted by atomic mass is 127. The van der Waals surface area contributed by atoms with Crippen LogP contribution in [0, 0.1) is 0 Å². The van der Waals surface area contributed by atoms with E-state index in [-0.39, 0.29) is 29.5 Å². The average molecular weight is 559 g/mol. The van der Waals surface area contributed by atoms with Crippen LogP contribution in [-0.4, -0.2) is 100.0 Å². The van der Waals surface area contributed by atoms with Crippen LogP contribution >= 0.6 is 24.0 Å². The number of benzene rings is 1. The van der Waals surface area contributed by atoms with Crippen molar-refractivity contribution in [1.29, 1.82) is 0 Å². The van der Waals surface area contributed by atoms with Gasteiger partial charge in [0.25, 0.3) is 0 Å².